The van der Waals surface area contributed by atoms with Crippen molar-refractivity contribution in [1.29, 1.82) is 0 Å². The van der Waals surface area contributed by atoms with Gasteiger partial charge in [-0.25, -0.2) is 4.98 Å². The quantitative estimate of drug-likeness (QED) is 0.800. The maximum atomic E-state index is 12.3. The SMILES string of the molecule is CN1CCC(CN(C)C(=O)c2cccc(Br)n2)CC1. The topological polar surface area (TPSA) is 36.4 Å². The Bertz CT molecular complexity index is 444. The molecule has 5 heteroatoms. The molecule has 1 aliphatic rings. The van der Waals surface area contributed by atoms with Crippen LogP contribution in [0, 0.1) is 5.92 Å². The molecular weight excluding hydrogens is 306 g/mol. The Labute approximate surface area is 122 Å². The average Bonchev–Trinajstić information content (AvgIpc) is 2.40. The van der Waals surface area contributed by atoms with E-state index >= 15 is 0 Å². The molecule has 1 aromatic rings. The maximum absolute atomic E-state index is 12.3. The van der Waals surface area contributed by atoms with E-state index in [0.717, 1.165) is 19.6 Å². The predicted octanol–water partition coefficient (Wildman–Crippen LogP) is 2.26. The number of hydrogen-bond acceptors (Lipinski definition) is 3. The van der Waals surface area contributed by atoms with Crippen molar-refractivity contribution in [3.63, 3.8) is 0 Å². The van der Waals surface area contributed by atoms with Crippen LogP contribution in [-0.2, 0) is 0 Å². The summed E-state index contributed by atoms with van der Waals surface area (Å²) < 4.78 is 0.700. The van der Waals surface area contributed by atoms with Gasteiger partial charge in [-0.15, -0.1) is 0 Å². The zero-order valence-electron chi connectivity index (χ0n) is 11.5. The van der Waals surface area contributed by atoms with Gasteiger partial charge in [0.05, 0.1) is 0 Å². The minimum Gasteiger partial charge on any atom is -0.340 e. The molecule has 0 unspecified atom stereocenters. The number of rotatable bonds is 3. The van der Waals surface area contributed by atoms with Gasteiger partial charge in [-0.3, -0.25) is 4.79 Å². The van der Waals surface area contributed by atoms with Crippen LogP contribution in [0.25, 0.3) is 0 Å². The van der Waals surface area contributed by atoms with Gasteiger partial charge >= 0.3 is 0 Å². The molecule has 19 heavy (non-hydrogen) atoms. The Hall–Kier alpha value is -0.940. The second-order valence-electron chi connectivity index (χ2n) is 5.28. The fourth-order valence-corrected chi connectivity index (χ4v) is 2.78. The van der Waals surface area contributed by atoms with Crippen molar-refractivity contribution in [2.45, 2.75) is 12.8 Å². The van der Waals surface area contributed by atoms with E-state index < -0.39 is 0 Å². The van der Waals surface area contributed by atoms with Crippen molar-refractivity contribution >= 4 is 21.8 Å². The molecular formula is C14H20BrN3O. The Balaban J connectivity index is 1.92. The summed E-state index contributed by atoms with van der Waals surface area (Å²) in [7, 11) is 4.01. The highest BCUT2D eigenvalue weighted by molar-refractivity contribution is 9.10. The molecule has 0 aromatic carbocycles. The van der Waals surface area contributed by atoms with Gasteiger partial charge in [0.15, 0.2) is 0 Å². The third kappa shape index (κ3) is 4.01. The number of piperidine rings is 1. The van der Waals surface area contributed by atoms with Crippen molar-refractivity contribution in [2.75, 3.05) is 33.7 Å². The molecule has 0 N–H and O–H groups in total. The number of likely N-dealkylation sites (tertiary alicyclic amines) is 1. The summed E-state index contributed by atoms with van der Waals surface area (Å²) in [5.74, 6) is 0.609. The fourth-order valence-electron chi connectivity index (χ4n) is 2.44. The first-order valence-electron chi connectivity index (χ1n) is 6.63. The summed E-state index contributed by atoms with van der Waals surface area (Å²) in [6.45, 7) is 3.07. The van der Waals surface area contributed by atoms with E-state index in [-0.39, 0.29) is 5.91 Å². The van der Waals surface area contributed by atoms with Gasteiger partial charge < -0.3 is 9.80 Å². The molecule has 1 fully saturated rings. The summed E-state index contributed by atoms with van der Waals surface area (Å²) in [4.78, 5) is 20.6. The molecule has 1 amide bonds. The van der Waals surface area contributed by atoms with E-state index in [1.807, 2.05) is 19.2 Å². The highest BCUT2D eigenvalue weighted by Crippen LogP contribution is 2.17. The monoisotopic (exact) mass is 325 g/mol. The summed E-state index contributed by atoms with van der Waals surface area (Å²) in [5, 5.41) is 0. The Kier molecular flexibility index (Phi) is 4.93. The zero-order chi connectivity index (χ0) is 13.8. The molecule has 0 bridgehead atoms. The van der Waals surface area contributed by atoms with E-state index in [2.05, 4.69) is 32.9 Å². The molecule has 2 heterocycles. The number of pyridine rings is 1. The summed E-state index contributed by atoms with van der Waals surface area (Å²) in [5.41, 5.74) is 0.504. The van der Waals surface area contributed by atoms with Crippen LogP contribution < -0.4 is 0 Å². The molecule has 1 saturated heterocycles. The van der Waals surface area contributed by atoms with Gasteiger partial charge in [-0.2, -0.15) is 0 Å². The number of hydrogen-bond donors (Lipinski definition) is 0. The van der Waals surface area contributed by atoms with Gasteiger partial charge in [0.1, 0.15) is 10.3 Å². The number of amides is 1. The van der Waals surface area contributed by atoms with Crippen molar-refractivity contribution in [3.8, 4) is 0 Å². The lowest BCUT2D eigenvalue weighted by molar-refractivity contribution is 0.0741. The van der Waals surface area contributed by atoms with Gasteiger partial charge in [0, 0.05) is 13.6 Å². The minimum absolute atomic E-state index is 0.000211. The fraction of sp³-hybridized carbons (Fsp3) is 0.571. The van der Waals surface area contributed by atoms with Crippen LogP contribution >= 0.6 is 15.9 Å². The van der Waals surface area contributed by atoms with Crippen molar-refractivity contribution in [3.05, 3.63) is 28.5 Å². The van der Waals surface area contributed by atoms with Crippen LogP contribution in [0.1, 0.15) is 23.3 Å². The predicted molar refractivity (Wildman–Crippen MR) is 79.1 cm³/mol. The zero-order valence-corrected chi connectivity index (χ0v) is 13.1. The van der Waals surface area contributed by atoms with Crippen LogP contribution in [0.15, 0.2) is 22.8 Å². The molecule has 0 radical (unpaired) electrons. The third-order valence-electron chi connectivity index (χ3n) is 3.65. The average molecular weight is 326 g/mol. The van der Waals surface area contributed by atoms with E-state index in [0.29, 0.717) is 16.2 Å². The van der Waals surface area contributed by atoms with Gasteiger partial charge in [-0.1, -0.05) is 6.07 Å². The first kappa shape index (κ1) is 14.5. The highest BCUT2D eigenvalue weighted by atomic mass is 79.9. The third-order valence-corrected chi connectivity index (χ3v) is 4.09. The Morgan fingerprint density at radius 3 is 2.79 bits per heavy atom. The highest BCUT2D eigenvalue weighted by Gasteiger charge is 2.21. The molecule has 0 spiro atoms. The second-order valence-corrected chi connectivity index (χ2v) is 6.09. The molecule has 4 nitrogen and oxygen atoms in total. The molecule has 2 rings (SSSR count). The normalized spacial score (nSPS) is 17.4. The number of halogens is 1. The van der Waals surface area contributed by atoms with Crippen LogP contribution in [0.2, 0.25) is 0 Å². The van der Waals surface area contributed by atoms with E-state index in [4.69, 9.17) is 0 Å². The summed E-state index contributed by atoms with van der Waals surface area (Å²) >= 11 is 3.30. The maximum Gasteiger partial charge on any atom is 0.272 e. The van der Waals surface area contributed by atoms with Crippen molar-refractivity contribution < 1.29 is 4.79 Å². The smallest absolute Gasteiger partial charge is 0.272 e. The molecule has 0 aliphatic carbocycles. The number of carbonyl (C=O) groups excluding carboxylic acids is 1. The molecule has 1 aliphatic heterocycles. The van der Waals surface area contributed by atoms with Gasteiger partial charge in [0.2, 0.25) is 0 Å². The number of aromatic nitrogens is 1. The van der Waals surface area contributed by atoms with E-state index in [1.54, 1.807) is 11.0 Å². The van der Waals surface area contributed by atoms with Crippen LogP contribution in [0.4, 0.5) is 0 Å². The molecule has 104 valence electrons. The summed E-state index contributed by atoms with van der Waals surface area (Å²) in [6, 6.07) is 5.43. The van der Waals surface area contributed by atoms with Crippen LogP contribution in [0.5, 0.6) is 0 Å². The number of nitrogens with zero attached hydrogens (tertiary/aromatic N) is 3. The van der Waals surface area contributed by atoms with E-state index in [1.165, 1.54) is 12.8 Å². The molecule has 1 aromatic heterocycles. The Morgan fingerprint density at radius 1 is 1.47 bits per heavy atom. The van der Waals surface area contributed by atoms with Crippen LogP contribution in [-0.4, -0.2) is 54.4 Å². The standard InChI is InChI=1S/C14H20BrN3O/c1-17-8-6-11(7-9-17)10-18(2)14(19)12-4-3-5-13(15)16-12/h3-5,11H,6-10H2,1-2H3. The lowest BCUT2D eigenvalue weighted by atomic mass is 9.96. The van der Waals surface area contributed by atoms with Crippen LogP contribution in [0.3, 0.4) is 0 Å². The molecule has 0 saturated carbocycles. The minimum atomic E-state index is 0.000211. The van der Waals surface area contributed by atoms with E-state index in [9.17, 15) is 4.79 Å². The lowest BCUT2D eigenvalue weighted by Gasteiger charge is -2.31. The summed E-state index contributed by atoms with van der Waals surface area (Å²) in [6.07, 6.45) is 2.33. The number of carbonyl (C=O) groups is 1. The first-order valence-corrected chi connectivity index (χ1v) is 7.42. The largest absolute Gasteiger partial charge is 0.340 e. The molecule has 0 atom stereocenters. The van der Waals surface area contributed by atoms with Gasteiger partial charge in [0.25, 0.3) is 5.91 Å². The first-order chi connectivity index (χ1) is 9.06. The van der Waals surface area contributed by atoms with Crippen molar-refractivity contribution in [2.24, 2.45) is 5.92 Å². The van der Waals surface area contributed by atoms with Crippen molar-refractivity contribution in [1.82, 2.24) is 14.8 Å². The van der Waals surface area contributed by atoms with Gasteiger partial charge in [-0.05, 0) is 67.0 Å². The second kappa shape index (κ2) is 6.48. The lowest BCUT2D eigenvalue weighted by Crippen LogP contribution is -2.38. The Morgan fingerprint density at radius 2 is 2.16 bits per heavy atom.